The second-order valence-electron chi connectivity index (χ2n) is 2.71. The van der Waals surface area contributed by atoms with Crippen LogP contribution < -0.4 is 5.32 Å². The van der Waals surface area contributed by atoms with Crippen molar-refractivity contribution in [1.82, 2.24) is 4.98 Å². The molecule has 1 rings (SSSR count). The first-order chi connectivity index (χ1) is 6.13. The van der Waals surface area contributed by atoms with Gasteiger partial charge < -0.3 is 10.4 Å². The predicted octanol–water partition coefficient (Wildman–Crippen LogP) is 1.67. The van der Waals surface area contributed by atoms with E-state index in [-0.39, 0.29) is 23.5 Å². The summed E-state index contributed by atoms with van der Waals surface area (Å²) in [4.78, 5) is 3.74. The summed E-state index contributed by atoms with van der Waals surface area (Å²) in [5.41, 5.74) is 0. The number of halogens is 2. The average molecular weight is 205 g/mol. The van der Waals surface area contributed by atoms with Gasteiger partial charge in [0.2, 0.25) is 0 Å². The summed E-state index contributed by atoms with van der Waals surface area (Å²) in [5, 5.41) is 11.6. The number of pyridine rings is 1. The van der Waals surface area contributed by atoms with Crippen molar-refractivity contribution < 1.29 is 9.50 Å². The minimum Gasteiger partial charge on any atom is -0.394 e. The Morgan fingerprint density at radius 2 is 2.46 bits per heavy atom. The summed E-state index contributed by atoms with van der Waals surface area (Å²) >= 11 is 5.51. The summed E-state index contributed by atoms with van der Waals surface area (Å²) in [5.74, 6) is -0.418. The Morgan fingerprint density at radius 1 is 1.77 bits per heavy atom. The van der Waals surface area contributed by atoms with E-state index >= 15 is 0 Å². The van der Waals surface area contributed by atoms with E-state index in [1.165, 1.54) is 12.3 Å². The molecule has 3 nitrogen and oxygen atoms in total. The van der Waals surface area contributed by atoms with Crippen LogP contribution in [0.1, 0.15) is 6.92 Å². The van der Waals surface area contributed by atoms with Crippen molar-refractivity contribution in [2.24, 2.45) is 0 Å². The Balaban J connectivity index is 2.77. The summed E-state index contributed by atoms with van der Waals surface area (Å²) in [6, 6.07) is 0.934. The van der Waals surface area contributed by atoms with Gasteiger partial charge in [-0.3, -0.25) is 0 Å². The molecule has 5 heteroatoms. The molecule has 0 saturated carbocycles. The molecule has 0 radical (unpaired) electrons. The highest BCUT2D eigenvalue weighted by Gasteiger charge is 2.06. The first-order valence-electron chi connectivity index (χ1n) is 3.82. The van der Waals surface area contributed by atoms with E-state index < -0.39 is 5.82 Å². The first-order valence-corrected chi connectivity index (χ1v) is 4.19. The van der Waals surface area contributed by atoms with Crippen LogP contribution in [0.3, 0.4) is 0 Å². The summed E-state index contributed by atoms with van der Waals surface area (Å²) in [7, 11) is 0. The van der Waals surface area contributed by atoms with Gasteiger partial charge in [-0.1, -0.05) is 11.6 Å². The Labute approximate surface area is 80.6 Å². The van der Waals surface area contributed by atoms with Crippen LogP contribution in [0.4, 0.5) is 10.2 Å². The van der Waals surface area contributed by atoms with E-state index in [1.807, 2.05) is 0 Å². The second kappa shape index (κ2) is 4.39. The molecule has 13 heavy (non-hydrogen) atoms. The minimum atomic E-state index is -0.521. The number of aliphatic hydroxyl groups is 1. The summed E-state index contributed by atoms with van der Waals surface area (Å²) in [6.45, 7) is 1.64. The molecule has 0 bridgehead atoms. The molecule has 1 aromatic heterocycles. The van der Waals surface area contributed by atoms with Crippen molar-refractivity contribution >= 4 is 17.4 Å². The molecule has 0 aromatic carbocycles. The van der Waals surface area contributed by atoms with Crippen molar-refractivity contribution in [3.05, 3.63) is 23.1 Å². The average Bonchev–Trinajstić information content (AvgIpc) is 2.09. The Kier molecular flexibility index (Phi) is 3.45. The van der Waals surface area contributed by atoms with Gasteiger partial charge >= 0.3 is 0 Å². The molecular weight excluding hydrogens is 195 g/mol. The number of hydrogen-bond acceptors (Lipinski definition) is 3. The fourth-order valence-corrected chi connectivity index (χ4v) is 0.944. The zero-order valence-corrected chi connectivity index (χ0v) is 7.85. The molecule has 72 valence electrons. The number of nitrogens with zero attached hydrogens (tertiary/aromatic N) is 1. The third-order valence-corrected chi connectivity index (χ3v) is 1.67. The minimum absolute atomic E-state index is 0.0796. The lowest BCUT2D eigenvalue weighted by molar-refractivity contribution is 0.281. The summed E-state index contributed by atoms with van der Waals surface area (Å²) < 4.78 is 13.1. The van der Waals surface area contributed by atoms with Crippen LogP contribution in [0.15, 0.2) is 12.3 Å². The summed E-state index contributed by atoms with van der Waals surface area (Å²) in [6.07, 6.45) is 1.34. The fourth-order valence-electron chi connectivity index (χ4n) is 0.800. The molecule has 1 atom stereocenters. The van der Waals surface area contributed by atoms with Gasteiger partial charge in [-0.2, -0.15) is 0 Å². The lowest BCUT2D eigenvalue weighted by Gasteiger charge is -2.11. The molecule has 0 aliphatic heterocycles. The predicted molar refractivity (Wildman–Crippen MR) is 49.4 cm³/mol. The second-order valence-corrected chi connectivity index (χ2v) is 3.15. The maximum absolute atomic E-state index is 13.1. The van der Waals surface area contributed by atoms with Gasteiger partial charge in [-0.25, -0.2) is 9.37 Å². The van der Waals surface area contributed by atoms with Crippen LogP contribution in [0.2, 0.25) is 5.02 Å². The lowest BCUT2D eigenvalue weighted by Crippen LogP contribution is -2.20. The van der Waals surface area contributed by atoms with Crippen molar-refractivity contribution in [1.29, 1.82) is 0 Å². The van der Waals surface area contributed by atoms with Crippen LogP contribution >= 0.6 is 11.6 Å². The van der Waals surface area contributed by atoms with Crippen molar-refractivity contribution in [3.8, 4) is 0 Å². The van der Waals surface area contributed by atoms with Crippen LogP contribution in [-0.2, 0) is 0 Å². The Bertz CT molecular complexity index is 295. The SMILES string of the molecule is C[C@@H](CO)Nc1ncc(Cl)cc1F. The highest BCUT2D eigenvalue weighted by molar-refractivity contribution is 6.30. The van der Waals surface area contributed by atoms with E-state index in [0.717, 1.165) is 0 Å². The number of rotatable bonds is 3. The van der Waals surface area contributed by atoms with Gasteiger partial charge in [-0.15, -0.1) is 0 Å². The number of anilines is 1. The normalized spacial score (nSPS) is 12.6. The van der Waals surface area contributed by atoms with Crippen molar-refractivity contribution in [2.45, 2.75) is 13.0 Å². The first kappa shape index (κ1) is 10.2. The van der Waals surface area contributed by atoms with E-state index in [1.54, 1.807) is 6.92 Å². The molecule has 0 spiro atoms. The highest BCUT2D eigenvalue weighted by atomic mass is 35.5. The van der Waals surface area contributed by atoms with Gasteiger partial charge in [0.15, 0.2) is 11.6 Å². The van der Waals surface area contributed by atoms with Crippen LogP contribution in [0.25, 0.3) is 0 Å². The van der Waals surface area contributed by atoms with Gasteiger partial charge in [-0.05, 0) is 13.0 Å². The third-order valence-electron chi connectivity index (χ3n) is 1.46. The molecule has 0 aliphatic rings. The van der Waals surface area contributed by atoms with E-state index in [2.05, 4.69) is 10.3 Å². The zero-order valence-electron chi connectivity index (χ0n) is 7.09. The number of hydrogen-bond donors (Lipinski definition) is 2. The monoisotopic (exact) mass is 204 g/mol. The molecule has 0 amide bonds. The Hall–Kier alpha value is -0.870. The maximum Gasteiger partial charge on any atom is 0.166 e. The number of nitrogens with one attached hydrogen (secondary N) is 1. The third kappa shape index (κ3) is 2.82. The van der Waals surface area contributed by atoms with Crippen LogP contribution in [-0.4, -0.2) is 22.7 Å². The number of aliphatic hydroxyl groups excluding tert-OH is 1. The topological polar surface area (TPSA) is 45.1 Å². The molecule has 0 aliphatic carbocycles. The van der Waals surface area contributed by atoms with Crippen LogP contribution in [0, 0.1) is 5.82 Å². The van der Waals surface area contributed by atoms with Crippen molar-refractivity contribution in [2.75, 3.05) is 11.9 Å². The molecular formula is C8H10ClFN2O. The van der Waals surface area contributed by atoms with E-state index in [0.29, 0.717) is 0 Å². The standard InChI is InChI=1S/C8H10ClFN2O/c1-5(4-13)12-8-7(10)2-6(9)3-11-8/h2-3,5,13H,4H2,1H3,(H,11,12)/t5-/m0/s1. The van der Waals surface area contributed by atoms with E-state index in [4.69, 9.17) is 16.7 Å². The molecule has 0 unspecified atom stereocenters. The molecule has 1 heterocycles. The van der Waals surface area contributed by atoms with Gasteiger partial charge in [0, 0.05) is 12.2 Å². The van der Waals surface area contributed by atoms with Crippen molar-refractivity contribution in [3.63, 3.8) is 0 Å². The number of aromatic nitrogens is 1. The van der Waals surface area contributed by atoms with Gasteiger partial charge in [0.25, 0.3) is 0 Å². The van der Waals surface area contributed by atoms with Crippen LogP contribution in [0.5, 0.6) is 0 Å². The van der Waals surface area contributed by atoms with Gasteiger partial charge in [0.05, 0.1) is 11.6 Å². The highest BCUT2D eigenvalue weighted by Crippen LogP contribution is 2.15. The van der Waals surface area contributed by atoms with Gasteiger partial charge in [0.1, 0.15) is 0 Å². The molecule has 0 saturated heterocycles. The maximum atomic E-state index is 13.1. The smallest absolute Gasteiger partial charge is 0.166 e. The fraction of sp³-hybridized carbons (Fsp3) is 0.375. The Morgan fingerprint density at radius 3 is 3.00 bits per heavy atom. The lowest BCUT2D eigenvalue weighted by atomic mass is 10.3. The molecule has 2 N–H and O–H groups in total. The molecule has 0 fully saturated rings. The van der Waals surface area contributed by atoms with E-state index in [9.17, 15) is 4.39 Å². The quantitative estimate of drug-likeness (QED) is 0.787. The largest absolute Gasteiger partial charge is 0.394 e. The molecule has 1 aromatic rings. The zero-order chi connectivity index (χ0) is 9.84.